The number of nitrogens with zero attached hydrogens (tertiary/aromatic N) is 4. The van der Waals surface area contributed by atoms with Crippen molar-refractivity contribution in [3.05, 3.63) is 26.4 Å². The van der Waals surface area contributed by atoms with E-state index in [9.17, 15) is 9.59 Å². The van der Waals surface area contributed by atoms with E-state index >= 15 is 0 Å². The molecule has 0 saturated carbocycles. The predicted molar refractivity (Wildman–Crippen MR) is 69.6 cm³/mol. The molecule has 0 bridgehead atoms. The molecule has 0 atom stereocenters. The van der Waals surface area contributed by atoms with Crippen molar-refractivity contribution in [3.63, 3.8) is 0 Å². The van der Waals surface area contributed by atoms with Crippen LogP contribution >= 0.6 is 0 Å². The normalized spacial score (nSPS) is 9.68. The van der Waals surface area contributed by atoms with Crippen molar-refractivity contribution in [1.82, 2.24) is 9.13 Å². The van der Waals surface area contributed by atoms with Crippen molar-refractivity contribution in [2.45, 2.75) is 19.3 Å². The van der Waals surface area contributed by atoms with Gasteiger partial charge in [-0.15, -0.1) is 0 Å². The van der Waals surface area contributed by atoms with Gasteiger partial charge < -0.3 is 5.32 Å². The van der Waals surface area contributed by atoms with Crippen LogP contribution in [-0.4, -0.2) is 15.7 Å². The summed E-state index contributed by atoms with van der Waals surface area (Å²) < 4.78 is 2.14. The molecular formula is C12H15N5O2. The molecule has 1 aromatic heterocycles. The molecule has 1 N–H and O–H groups in total. The van der Waals surface area contributed by atoms with Crippen LogP contribution in [0, 0.1) is 22.7 Å². The largest absolute Gasteiger partial charge is 0.370 e. The Morgan fingerprint density at radius 2 is 1.84 bits per heavy atom. The summed E-state index contributed by atoms with van der Waals surface area (Å²) in [5, 5.41) is 20.3. The lowest BCUT2D eigenvalue weighted by Gasteiger charge is -2.13. The molecule has 0 amide bonds. The van der Waals surface area contributed by atoms with Gasteiger partial charge in [0.1, 0.15) is 11.9 Å². The zero-order valence-corrected chi connectivity index (χ0v) is 10.9. The summed E-state index contributed by atoms with van der Waals surface area (Å²) >= 11 is 0. The zero-order valence-electron chi connectivity index (χ0n) is 10.9. The molecule has 0 aromatic carbocycles. The molecule has 1 aromatic rings. The summed E-state index contributed by atoms with van der Waals surface area (Å²) in [7, 11) is 2.84. The van der Waals surface area contributed by atoms with E-state index in [1.54, 1.807) is 0 Å². The fourth-order valence-electron chi connectivity index (χ4n) is 1.69. The molecule has 0 unspecified atom stereocenters. The van der Waals surface area contributed by atoms with Crippen LogP contribution < -0.4 is 16.6 Å². The molecule has 0 saturated heterocycles. The summed E-state index contributed by atoms with van der Waals surface area (Å²) in [6, 6.07) is 3.85. The lowest BCUT2D eigenvalue weighted by Crippen LogP contribution is -2.39. The Hall–Kier alpha value is -2.54. The third-order valence-electron chi connectivity index (χ3n) is 2.78. The minimum atomic E-state index is -0.606. The van der Waals surface area contributed by atoms with Crippen LogP contribution in [0.15, 0.2) is 9.59 Å². The molecule has 0 spiro atoms. The maximum absolute atomic E-state index is 11.8. The number of unbranched alkanes of at least 4 members (excludes halogenated alkanes) is 2. The van der Waals surface area contributed by atoms with Gasteiger partial charge in [-0.1, -0.05) is 0 Å². The molecule has 0 fully saturated rings. The van der Waals surface area contributed by atoms with Gasteiger partial charge in [-0.05, 0) is 12.8 Å². The van der Waals surface area contributed by atoms with Crippen molar-refractivity contribution in [1.29, 1.82) is 10.5 Å². The summed E-state index contributed by atoms with van der Waals surface area (Å²) in [5.74, 6) is 0.229. The number of nitriles is 2. The Bertz CT molecular complexity index is 657. The van der Waals surface area contributed by atoms with Crippen molar-refractivity contribution in [2.75, 3.05) is 11.9 Å². The minimum Gasteiger partial charge on any atom is -0.370 e. The highest BCUT2D eigenvalue weighted by Crippen LogP contribution is 2.07. The number of rotatable bonds is 5. The van der Waals surface area contributed by atoms with Gasteiger partial charge in [-0.2, -0.15) is 10.5 Å². The summed E-state index contributed by atoms with van der Waals surface area (Å²) in [6.07, 6.45) is 1.91. The van der Waals surface area contributed by atoms with Crippen molar-refractivity contribution >= 4 is 5.82 Å². The second-order valence-corrected chi connectivity index (χ2v) is 4.08. The maximum Gasteiger partial charge on any atom is 0.332 e. The standard InChI is InChI=1S/C12H15N5O2/c1-16-10(15-7-5-3-4-6-13)9(8-14)11(18)17(2)12(16)19/h15H,3-5,7H2,1-2H3. The molecule has 1 rings (SSSR count). The third-order valence-corrected chi connectivity index (χ3v) is 2.78. The minimum absolute atomic E-state index is 0.0788. The molecule has 7 heteroatoms. The Kier molecular flexibility index (Phi) is 4.90. The van der Waals surface area contributed by atoms with Crippen LogP contribution in [-0.2, 0) is 14.1 Å². The predicted octanol–water partition coefficient (Wildman–Crippen LogP) is 0.0615. The van der Waals surface area contributed by atoms with Gasteiger partial charge in [-0.25, -0.2) is 4.79 Å². The van der Waals surface area contributed by atoms with Gasteiger partial charge in [-0.3, -0.25) is 13.9 Å². The molecule has 19 heavy (non-hydrogen) atoms. The lowest BCUT2D eigenvalue weighted by atomic mass is 10.2. The fourth-order valence-corrected chi connectivity index (χ4v) is 1.69. The highest BCUT2D eigenvalue weighted by Gasteiger charge is 2.14. The van der Waals surface area contributed by atoms with Crippen LogP contribution in [0.2, 0.25) is 0 Å². The van der Waals surface area contributed by atoms with E-state index in [0.29, 0.717) is 13.0 Å². The van der Waals surface area contributed by atoms with E-state index in [2.05, 4.69) is 5.32 Å². The van der Waals surface area contributed by atoms with Crippen LogP contribution in [0.4, 0.5) is 5.82 Å². The number of aromatic nitrogens is 2. The average Bonchev–Trinajstić information content (AvgIpc) is 2.41. The summed E-state index contributed by atoms with van der Waals surface area (Å²) in [5.41, 5.74) is -1.17. The second kappa shape index (κ2) is 6.41. The van der Waals surface area contributed by atoms with E-state index in [-0.39, 0.29) is 11.4 Å². The van der Waals surface area contributed by atoms with Crippen LogP contribution in [0.1, 0.15) is 24.8 Å². The van der Waals surface area contributed by atoms with E-state index in [4.69, 9.17) is 10.5 Å². The average molecular weight is 261 g/mol. The van der Waals surface area contributed by atoms with Gasteiger partial charge in [0.15, 0.2) is 5.56 Å². The SMILES string of the molecule is Cn1c(NCCCCC#N)c(C#N)c(=O)n(C)c1=O. The Labute approximate surface area is 110 Å². The van der Waals surface area contributed by atoms with Crippen LogP contribution in [0.3, 0.4) is 0 Å². The van der Waals surface area contributed by atoms with E-state index in [0.717, 1.165) is 17.4 Å². The highest BCUT2D eigenvalue weighted by atomic mass is 16.2. The van der Waals surface area contributed by atoms with E-state index in [1.807, 2.05) is 12.1 Å². The van der Waals surface area contributed by atoms with Gasteiger partial charge in [0, 0.05) is 27.1 Å². The van der Waals surface area contributed by atoms with Crippen LogP contribution in [0.25, 0.3) is 0 Å². The first-order valence-corrected chi connectivity index (χ1v) is 5.85. The summed E-state index contributed by atoms with van der Waals surface area (Å²) in [6.45, 7) is 0.497. The quantitative estimate of drug-likeness (QED) is 0.755. The number of nitrogens with one attached hydrogen (secondary N) is 1. The molecule has 0 aliphatic carbocycles. The molecule has 7 nitrogen and oxygen atoms in total. The highest BCUT2D eigenvalue weighted by molar-refractivity contribution is 5.51. The molecular weight excluding hydrogens is 246 g/mol. The second-order valence-electron chi connectivity index (χ2n) is 4.08. The fraction of sp³-hybridized carbons (Fsp3) is 0.500. The summed E-state index contributed by atoms with van der Waals surface area (Å²) in [4.78, 5) is 23.5. The van der Waals surface area contributed by atoms with Crippen LogP contribution in [0.5, 0.6) is 0 Å². The Morgan fingerprint density at radius 3 is 2.42 bits per heavy atom. The number of anilines is 1. The van der Waals surface area contributed by atoms with E-state index in [1.165, 1.54) is 18.7 Å². The molecule has 1 heterocycles. The molecule has 0 aliphatic heterocycles. The van der Waals surface area contributed by atoms with Gasteiger partial charge in [0.05, 0.1) is 6.07 Å². The number of hydrogen-bond acceptors (Lipinski definition) is 5. The van der Waals surface area contributed by atoms with Gasteiger partial charge >= 0.3 is 5.69 Å². The Morgan fingerprint density at radius 1 is 1.16 bits per heavy atom. The van der Waals surface area contributed by atoms with Crippen molar-refractivity contribution in [3.8, 4) is 12.1 Å². The third kappa shape index (κ3) is 3.02. The first kappa shape index (κ1) is 14.5. The first-order chi connectivity index (χ1) is 9.04. The molecule has 100 valence electrons. The number of hydrogen-bond donors (Lipinski definition) is 1. The Balaban J connectivity index is 3.02. The first-order valence-electron chi connectivity index (χ1n) is 5.85. The van der Waals surface area contributed by atoms with Crippen molar-refractivity contribution < 1.29 is 0 Å². The monoisotopic (exact) mass is 261 g/mol. The topological polar surface area (TPSA) is 104 Å². The maximum atomic E-state index is 11.8. The van der Waals surface area contributed by atoms with E-state index < -0.39 is 11.2 Å². The zero-order chi connectivity index (χ0) is 14.4. The molecule has 0 aliphatic rings. The van der Waals surface area contributed by atoms with Crippen molar-refractivity contribution in [2.24, 2.45) is 14.1 Å². The smallest absolute Gasteiger partial charge is 0.332 e. The lowest BCUT2D eigenvalue weighted by molar-refractivity contribution is 0.681. The molecule has 0 radical (unpaired) electrons. The van der Waals surface area contributed by atoms with Gasteiger partial charge in [0.2, 0.25) is 0 Å². The van der Waals surface area contributed by atoms with Gasteiger partial charge in [0.25, 0.3) is 5.56 Å².